The van der Waals surface area contributed by atoms with E-state index in [1.165, 1.54) is 31.5 Å². The summed E-state index contributed by atoms with van der Waals surface area (Å²) in [5, 5.41) is 9.67. The standard InChI is InChI=1S/C23H38N6O/c1-3-24-23(26-11-4-13-28-14-9-19(2)10-15-28)27-17-20-5-7-21(8-6-20)29-16-12-25-22(30)18-29/h5-8,19H,3-4,9-18H2,1-2H3,(H,25,30)(H2,24,26,27). The molecule has 2 aliphatic rings. The zero-order valence-corrected chi connectivity index (χ0v) is 18.6. The maximum atomic E-state index is 11.6. The highest BCUT2D eigenvalue weighted by Gasteiger charge is 2.16. The Hall–Kier alpha value is -2.28. The van der Waals surface area contributed by atoms with Gasteiger partial charge in [0.15, 0.2) is 5.96 Å². The molecule has 2 heterocycles. The summed E-state index contributed by atoms with van der Waals surface area (Å²) in [5.74, 6) is 1.85. The van der Waals surface area contributed by atoms with E-state index in [-0.39, 0.29) is 5.91 Å². The zero-order valence-electron chi connectivity index (χ0n) is 18.6. The Labute approximate surface area is 181 Å². The molecule has 0 bridgehead atoms. The van der Waals surface area contributed by atoms with E-state index >= 15 is 0 Å². The number of carbonyl (C=O) groups is 1. The summed E-state index contributed by atoms with van der Waals surface area (Å²) in [6.45, 7) is 12.5. The number of likely N-dealkylation sites (tertiary alicyclic amines) is 1. The molecule has 0 radical (unpaired) electrons. The van der Waals surface area contributed by atoms with E-state index in [1.807, 2.05) is 0 Å². The van der Waals surface area contributed by atoms with Crippen molar-refractivity contribution >= 4 is 17.6 Å². The van der Waals surface area contributed by atoms with Crippen LogP contribution in [0.4, 0.5) is 5.69 Å². The number of carbonyl (C=O) groups excluding carboxylic acids is 1. The lowest BCUT2D eigenvalue weighted by Gasteiger charge is -2.30. The van der Waals surface area contributed by atoms with E-state index in [0.29, 0.717) is 19.6 Å². The number of piperazine rings is 1. The van der Waals surface area contributed by atoms with Crippen LogP contribution in [0, 0.1) is 5.92 Å². The minimum Gasteiger partial charge on any atom is -0.360 e. The Balaban J connectivity index is 1.42. The molecule has 0 aliphatic carbocycles. The number of hydrogen-bond acceptors (Lipinski definition) is 4. The van der Waals surface area contributed by atoms with Gasteiger partial charge in [-0.25, -0.2) is 4.99 Å². The number of rotatable bonds is 8. The van der Waals surface area contributed by atoms with Gasteiger partial charge >= 0.3 is 0 Å². The molecule has 2 aliphatic heterocycles. The molecular formula is C23H38N6O. The van der Waals surface area contributed by atoms with E-state index in [0.717, 1.165) is 50.2 Å². The number of piperidine rings is 1. The van der Waals surface area contributed by atoms with Crippen LogP contribution in [0.3, 0.4) is 0 Å². The van der Waals surface area contributed by atoms with E-state index in [4.69, 9.17) is 4.99 Å². The minimum absolute atomic E-state index is 0.0890. The highest BCUT2D eigenvalue weighted by Crippen LogP contribution is 2.17. The highest BCUT2D eigenvalue weighted by atomic mass is 16.2. The van der Waals surface area contributed by atoms with Crippen LogP contribution >= 0.6 is 0 Å². The van der Waals surface area contributed by atoms with Crippen LogP contribution in [0.15, 0.2) is 29.3 Å². The van der Waals surface area contributed by atoms with Gasteiger partial charge in [-0.3, -0.25) is 4.79 Å². The van der Waals surface area contributed by atoms with Gasteiger partial charge in [0.1, 0.15) is 0 Å². The molecule has 30 heavy (non-hydrogen) atoms. The van der Waals surface area contributed by atoms with Crippen molar-refractivity contribution in [1.82, 2.24) is 20.9 Å². The smallest absolute Gasteiger partial charge is 0.239 e. The summed E-state index contributed by atoms with van der Waals surface area (Å²) in [6, 6.07) is 8.38. The number of aliphatic imine (C=N–C) groups is 1. The van der Waals surface area contributed by atoms with Crippen molar-refractivity contribution < 1.29 is 4.79 Å². The first-order valence-electron chi connectivity index (χ1n) is 11.5. The molecule has 166 valence electrons. The van der Waals surface area contributed by atoms with Gasteiger partial charge < -0.3 is 25.8 Å². The summed E-state index contributed by atoms with van der Waals surface area (Å²) in [4.78, 5) is 21.0. The van der Waals surface area contributed by atoms with Crippen molar-refractivity contribution in [3.8, 4) is 0 Å². The minimum atomic E-state index is 0.0890. The second-order valence-corrected chi connectivity index (χ2v) is 8.44. The van der Waals surface area contributed by atoms with Crippen molar-refractivity contribution in [2.45, 2.75) is 39.7 Å². The Morgan fingerprint density at radius 3 is 2.63 bits per heavy atom. The Kier molecular flexibility index (Phi) is 8.81. The maximum Gasteiger partial charge on any atom is 0.239 e. The van der Waals surface area contributed by atoms with Crippen LogP contribution in [0.2, 0.25) is 0 Å². The van der Waals surface area contributed by atoms with Crippen molar-refractivity contribution in [3.05, 3.63) is 29.8 Å². The number of amides is 1. The highest BCUT2D eigenvalue weighted by molar-refractivity contribution is 5.82. The predicted octanol–water partition coefficient (Wildman–Crippen LogP) is 1.80. The molecule has 0 spiro atoms. The van der Waals surface area contributed by atoms with Gasteiger partial charge in [-0.05, 0) is 69.4 Å². The van der Waals surface area contributed by atoms with Gasteiger partial charge in [-0.1, -0.05) is 19.1 Å². The molecule has 1 aromatic rings. The Morgan fingerprint density at radius 2 is 1.93 bits per heavy atom. The van der Waals surface area contributed by atoms with Gasteiger partial charge in [0.2, 0.25) is 5.91 Å². The van der Waals surface area contributed by atoms with Gasteiger partial charge in [0, 0.05) is 31.9 Å². The van der Waals surface area contributed by atoms with Crippen molar-refractivity contribution in [3.63, 3.8) is 0 Å². The van der Waals surface area contributed by atoms with E-state index in [1.54, 1.807) is 0 Å². The quantitative estimate of drug-likeness (QED) is 0.344. The van der Waals surface area contributed by atoms with Crippen molar-refractivity contribution in [2.24, 2.45) is 10.9 Å². The van der Waals surface area contributed by atoms with Crippen LogP contribution in [0.25, 0.3) is 0 Å². The summed E-state index contributed by atoms with van der Waals surface area (Å²) < 4.78 is 0. The number of nitrogens with one attached hydrogen (secondary N) is 3. The Bertz CT molecular complexity index is 681. The van der Waals surface area contributed by atoms with Crippen molar-refractivity contribution in [1.29, 1.82) is 0 Å². The number of nitrogens with zero attached hydrogens (tertiary/aromatic N) is 3. The average molecular weight is 415 g/mol. The maximum absolute atomic E-state index is 11.6. The molecule has 0 saturated carbocycles. The van der Waals surface area contributed by atoms with E-state index < -0.39 is 0 Å². The molecule has 0 unspecified atom stereocenters. The van der Waals surface area contributed by atoms with Gasteiger partial charge in [-0.15, -0.1) is 0 Å². The first kappa shape index (κ1) is 22.4. The van der Waals surface area contributed by atoms with Crippen LogP contribution < -0.4 is 20.9 Å². The molecule has 1 amide bonds. The van der Waals surface area contributed by atoms with Gasteiger partial charge in [-0.2, -0.15) is 0 Å². The number of hydrogen-bond donors (Lipinski definition) is 3. The number of guanidine groups is 1. The summed E-state index contributed by atoms with van der Waals surface area (Å²) in [5.41, 5.74) is 2.26. The molecular weight excluding hydrogens is 376 g/mol. The zero-order chi connectivity index (χ0) is 21.2. The van der Waals surface area contributed by atoms with Crippen LogP contribution in [0.1, 0.15) is 38.7 Å². The normalized spacial score (nSPS) is 18.9. The molecule has 7 nitrogen and oxygen atoms in total. The van der Waals surface area contributed by atoms with Crippen LogP contribution in [-0.4, -0.2) is 69.1 Å². The number of anilines is 1. The lowest BCUT2D eigenvalue weighted by Crippen LogP contribution is -2.47. The molecule has 0 aromatic heterocycles. The third-order valence-corrected chi connectivity index (χ3v) is 5.92. The van der Waals surface area contributed by atoms with Gasteiger partial charge in [0.25, 0.3) is 0 Å². The average Bonchev–Trinajstić information content (AvgIpc) is 2.76. The van der Waals surface area contributed by atoms with Crippen LogP contribution in [-0.2, 0) is 11.3 Å². The largest absolute Gasteiger partial charge is 0.360 e. The molecule has 0 atom stereocenters. The SMILES string of the molecule is CCNC(=NCc1ccc(N2CCNC(=O)C2)cc1)NCCCN1CCC(C)CC1. The summed E-state index contributed by atoms with van der Waals surface area (Å²) >= 11 is 0. The third kappa shape index (κ3) is 7.20. The van der Waals surface area contributed by atoms with Gasteiger partial charge in [0.05, 0.1) is 13.1 Å². The third-order valence-electron chi connectivity index (χ3n) is 5.92. The van der Waals surface area contributed by atoms with Crippen LogP contribution in [0.5, 0.6) is 0 Å². The molecule has 2 fully saturated rings. The topological polar surface area (TPSA) is 72.0 Å². The second-order valence-electron chi connectivity index (χ2n) is 8.44. The summed E-state index contributed by atoms with van der Waals surface area (Å²) in [7, 11) is 0. The molecule has 1 aromatic carbocycles. The molecule has 2 saturated heterocycles. The lowest BCUT2D eigenvalue weighted by atomic mass is 9.99. The lowest BCUT2D eigenvalue weighted by molar-refractivity contribution is -0.120. The Morgan fingerprint density at radius 1 is 1.17 bits per heavy atom. The predicted molar refractivity (Wildman–Crippen MR) is 124 cm³/mol. The molecule has 3 rings (SSSR count). The molecule has 7 heteroatoms. The fraction of sp³-hybridized carbons (Fsp3) is 0.652. The fourth-order valence-electron chi connectivity index (χ4n) is 3.98. The van der Waals surface area contributed by atoms with E-state index in [9.17, 15) is 4.79 Å². The molecule has 3 N–H and O–H groups in total. The van der Waals surface area contributed by atoms with Crippen molar-refractivity contribution in [2.75, 3.05) is 57.3 Å². The fourth-order valence-corrected chi connectivity index (χ4v) is 3.98. The first-order valence-corrected chi connectivity index (χ1v) is 11.5. The first-order chi connectivity index (χ1) is 14.6. The number of benzene rings is 1. The summed E-state index contributed by atoms with van der Waals surface area (Å²) in [6.07, 6.45) is 3.81. The monoisotopic (exact) mass is 414 g/mol. The second kappa shape index (κ2) is 11.8. The van der Waals surface area contributed by atoms with E-state index in [2.05, 4.69) is 63.9 Å².